The van der Waals surface area contributed by atoms with E-state index in [1.807, 2.05) is 31.2 Å². The van der Waals surface area contributed by atoms with E-state index in [2.05, 4.69) is 15.3 Å². The number of hydrazone groups is 1. The number of nitrogens with zero attached hydrogens (tertiary/aromatic N) is 1. The maximum atomic E-state index is 11.0. The molecule has 0 atom stereocenters. The van der Waals surface area contributed by atoms with Crippen LogP contribution < -0.4 is 14.9 Å². The standard InChI is InChI=1S/C18H19ClN2O4/c1-3-24-17-10-13(11-20-21-18(22)23-2)8-9-16(17)25-12-14-6-4-5-7-15(14)19/h4-11H,3,12H2,1-2H3,(H,21,22)/b20-11+. The number of carbonyl (C=O) groups excluding carboxylic acids is 1. The van der Waals surface area contributed by atoms with Gasteiger partial charge in [-0.25, -0.2) is 10.2 Å². The van der Waals surface area contributed by atoms with Crippen LogP contribution in [0, 0.1) is 0 Å². The van der Waals surface area contributed by atoms with E-state index in [9.17, 15) is 4.79 Å². The van der Waals surface area contributed by atoms with E-state index in [4.69, 9.17) is 21.1 Å². The second-order valence-electron chi connectivity index (χ2n) is 4.88. The predicted molar refractivity (Wildman–Crippen MR) is 96.5 cm³/mol. The van der Waals surface area contributed by atoms with Gasteiger partial charge in [-0.15, -0.1) is 0 Å². The lowest BCUT2D eigenvalue weighted by Crippen LogP contribution is -2.16. The Morgan fingerprint density at radius 1 is 1.20 bits per heavy atom. The van der Waals surface area contributed by atoms with E-state index >= 15 is 0 Å². The minimum Gasteiger partial charge on any atom is -0.490 e. The Morgan fingerprint density at radius 2 is 2.00 bits per heavy atom. The van der Waals surface area contributed by atoms with E-state index in [1.165, 1.54) is 13.3 Å². The van der Waals surface area contributed by atoms with Gasteiger partial charge >= 0.3 is 6.09 Å². The fourth-order valence-corrected chi connectivity index (χ4v) is 2.16. The van der Waals surface area contributed by atoms with Gasteiger partial charge in [0.2, 0.25) is 0 Å². The fraction of sp³-hybridized carbons (Fsp3) is 0.222. The maximum absolute atomic E-state index is 11.0. The third-order valence-corrected chi connectivity index (χ3v) is 3.53. The lowest BCUT2D eigenvalue weighted by atomic mass is 10.2. The number of benzene rings is 2. The third-order valence-electron chi connectivity index (χ3n) is 3.16. The first-order valence-corrected chi connectivity index (χ1v) is 8.02. The van der Waals surface area contributed by atoms with Gasteiger partial charge in [-0.2, -0.15) is 5.10 Å². The van der Waals surface area contributed by atoms with Crippen LogP contribution >= 0.6 is 11.6 Å². The topological polar surface area (TPSA) is 69.2 Å². The smallest absolute Gasteiger partial charge is 0.427 e. The molecule has 1 N–H and O–H groups in total. The number of ether oxygens (including phenoxy) is 3. The van der Waals surface area contributed by atoms with Crippen LogP contribution in [0.2, 0.25) is 5.02 Å². The van der Waals surface area contributed by atoms with Crippen LogP contribution in [-0.4, -0.2) is 26.0 Å². The van der Waals surface area contributed by atoms with Crippen LogP contribution in [0.25, 0.3) is 0 Å². The molecule has 2 aromatic carbocycles. The fourth-order valence-electron chi connectivity index (χ4n) is 1.97. The van der Waals surface area contributed by atoms with Gasteiger partial charge < -0.3 is 14.2 Å². The van der Waals surface area contributed by atoms with Gasteiger partial charge in [0.25, 0.3) is 0 Å². The summed E-state index contributed by atoms with van der Waals surface area (Å²) in [6.45, 7) is 2.71. The largest absolute Gasteiger partial charge is 0.490 e. The van der Waals surface area contributed by atoms with Gasteiger partial charge in [-0.3, -0.25) is 0 Å². The molecule has 7 heteroatoms. The van der Waals surface area contributed by atoms with Crippen molar-refractivity contribution in [2.24, 2.45) is 5.10 Å². The highest BCUT2D eigenvalue weighted by Crippen LogP contribution is 2.29. The number of carbonyl (C=O) groups is 1. The molecule has 2 aromatic rings. The van der Waals surface area contributed by atoms with Crippen LogP contribution in [0.5, 0.6) is 11.5 Å². The summed E-state index contributed by atoms with van der Waals surface area (Å²) >= 11 is 6.14. The summed E-state index contributed by atoms with van der Waals surface area (Å²) in [7, 11) is 1.27. The maximum Gasteiger partial charge on any atom is 0.427 e. The number of amides is 1. The molecule has 0 aliphatic carbocycles. The first-order valence-electron chi connectivity index (χ1n) is 7.64. The number of halogens is 1. The molecule has 0 radical (unpaired) electrons. The summed E-state index contributed by atoms with van der Waals surface area (Å²) in [5.41, 5.74) is 3.85. The van der Waals surface area contributed by atoms with Crippen molar-refractivity contribution >= 4 is 23.9 Å². The Kier molecular flexibility index (Phi) is 7.10. The molecule has 0 unspecified atom stereocenters. The number of hydrogen-bond donors (Lipinski definition) is 1. The molecule has 0 aliphatic heterocycles. The average Bonchev–Trinajstić information content (AvgIpc) is 2.62. The Hall–Kier alpha value is -2.73. The quantitative estimate of drug-likeness (QED) is 0.597. The summed E-state index contributed by atoms with van der Waals surface area (Å²) in [6, 6.07) is 12.8. The van der Waals surface area contributed by atoms with Gasteiger partial charge in [-0.05, 0) is 36.8 Å². The predicted octanol–water partition coefficient (Wildman–Crippen LogP) is 4.01. The third kappa shape index (κ3) is 5.69. The van der Waals surface area contributed by atoms with E-state index in [-0.39, 0.29) is 0 Å². The molecule has 0 heterocycles. The molecule has 6 nitrogen and oxygen atoms in total. The first-order chi connectivity index (χ1) is 12.1. The zero-order chi connectivity index (χ0) is 18.1. The van der Waals surface area contributed by atoms with E-state index in [1.54, 1.807) is 18.2 Å². The highest BCUT2D eigenvalue weighted by molar-refractivity contribution is 6.31. The molecule has 0 aromatic heterocycles. The Bertz CT molecular complexity index is 750. The van der Waals surface area contributed by atoms with Crippen LogP contribution in [0.15, 0.2) is 47.6 Å². The molecule has 1 amide bonds. The van der Waals surface area contributed by atoms with Gasteiger partial charge in [0.1, 0.15) is 6.61 Å². The van der Waals surface area contributed by atoms with E-state index in [0.717, 1.165) is 11.1 Å². The summed E-state index contributed by atoms with van der Waals surface area (Å²) in [4.78, 5) is 11.0. The van der Waals surface area contributed by atoms with Crippen molar-refractivity contribution in [2.45, 2.75) is 13.5 Å². The van der Waals surface area contributed by atoms with Crippen molar-refractivity contribution in [3.8, 4) is 11.5 Å². The SMILES string of the molecule is CCOc1cc(/C=N/NC(=O)OC)ccc1OCc1ccccc1Cl. The Labute approximate surface area is 151 Å². The van der Waals surface area contributed by atoms with Crippen molar-refractivity contribution in [2.75, 3.05) is 13.7 Å². The molecule has 0 saturated carbocycles. The molecule has 0 saturated heterocycles. The van der Waals surface area contributed by atoms with Gasteiger partial charge in [0, 0.05) is 10.6 Å². The normalized spacial score (nSPS) is 10.5. The monoisotopic (exact) mass is 362 g/mol. The van der Waals surface area contributed by atoms with Gasteiger partial charge in [0.15, 0.2) is 11.5 Å². The molecule has 132 valence electrons. The summed E-state index contributed by atoms with van der Waals surface area (Å²) in [5, 5.41) is 4.44. The summed E-state index contributed by atoms with van der Waals surface area (Å²) in [6.07, 6.45) is 0.845. The Balaban J connectivity index is 2.10. The minimum atomic E-state index is -0.638. The van der Waals surface area contributed by atoms with Crippen molar-refractivity contribution in [1.29, 1.82) is 0 Å². The highest BCUT2D eigenvalue weighted by atomic mass is 35.5. The van der Waals surface area contributed by atoms with Crippen molar-refractivity contribution < 1.29 is 19.0 Å². The highest BCUT2D eigenvalue weighted by Gasteiger charge is 2.08. The van der Waals surface area contributed by atoms with Crippen molar-refractivity contribution in [1.82, 2.24) is 5.43 Å². The molecular weight excluding hydrogens is 344 g/mol. The van der Waals surface area contributed by atoms with Crippen LogP contribution in [-0.2, 0) is 11.3 Å². The zero-order valence-corrected chi connectivity index (χ0v) is 14.7. The zero-order valence-electron chi connectivity index (χ0n) is 14.0. The molecule has 0 fully saturated rings. The molecular formula is C18H19ClN2O4. The molecule has 0 spiro atoms. The number of hydrogen-bond acceptors (Lipinski definition) is 5. The van der Waals surface area contributed by atoms with Crippen LogP contribution in [0.1, 0.15) is 18.1 Å². The summed E-state index contributed by atoms with van der Waals surface area (Å²) in [5.74, 6) is 1.18. The number of methoxy groups -OCH3 is 1. The number of rotatable bonds is 7. The summed E-state index contributed by atoms with van der Waals surface area (Å²) < 4.78 is 15.9. The molecule has 2 rings (SSSR count). The minimum absolute atomic E-state index is 0.330. The molecule has 0 bridgehead atoms. The first kappa shape index (κ1) is 18.6. The second-order valence-corrected chi connectivity index (χ2v) is 5.29. The van der Waals surface area contributed by atoms with Crippen LogP contribution in [0.3, 0.4) is 0 Å². The number of nitrogens with one attached hydrogen (secondary N) is 1. The second kappa shape index (κ2) is 9.54. The van der Waals surface area contributed by atoms with Crippen molar-refractivity contribution in [3.05, 3.63) is 58.6 Å². The molecule has 0 aliphatic rings. The Morgan fingerprint density at radius 3 is 2.72 bits per heavy atom. The average molecular weight is 363 g/mol. The van der Waals surface area contributed by atoms with Crippen molar-refractivity contribution in [3.63, 3.8) is 0 Å². The van der Waals surface area contributed by atoms with Gasteiger partial charge in [-0.1, -0.05) is 29.8 Å². The van der Waals surface area contributed by atoms with E-state index in [0.29, 0.717) is 29.7 Å². The van der Waals surface area contributed by atoms with E-state index < -0.39 is 6.09 Å². The lowest BCUT2D eigenvalue weighted by Gasteiger charge is -2.13. The molecule has 25 heavy (non-hydrogen) atoms. The van der Waals surface area contributed by atoms with Crippen LogP contribution in [0.4, 0.5) is 4.79 Å². The lowest BCUT2D eigenvalue weighted by molar-refractivity contribution is 0.171. The van der Waals surface area contributed by atoms with Gasteiger partial charge in [0.05, 0.1) is 19.9 Å².